The van der Waals surface area contributed by atoms with Gasteiger partial charge in [-0.1, -0.05) is 38.8 Å². The molecular weight excluding hydrogens is 240 g/mol. The Morgan fingerprint density at radius 1 is 0.947 bits per heavy atom. The fourth-order valence-corrected chi connectivity index (χ4v) is 1.77. The number of phenolic OH excluding ortho intramolecular Hbond substituents is 1. The molecule has 1 aromatic rings. The lowest BCUT2D eigenvalue weighted by molar-refractivity contribution is 0.103. The third-order valence-electron chi connectivity index (χ3n) is 3.04. The Kier molecular flexibility index (Phi) is 8.26. The van der Waals surface area contributed by atoms with E-state index < -0.39 is 0 Å². The Morgan fingerprint density at radius 3 is 2.21 bits per heavy atom. The van der Waals surface area contributed by atoms with E-state index in [1.807, 2.05) is 12.1 Å². The molecule has 0 radical (unpaired) electrons. The van der Waals surface area contributed by atoms with Crippen molar-refractivity contribution in [3.8, 4) is 5.75 Å². The second kappa shape index (κ2) is 9.82. The Bertz CT molecular complexity index is 350. The molecule has 3 heteroatoms. The predicted octanol–water partition coefficient (Wildman–Crippen LogP) is 4.03. The van der Waals surface area contributed by atoms with Gasteiger partial charge in [0.15, 0.2) is 0 Å². The van der Waals surface area contributed by atoms with Crippen molar-refractivity contribution in [1.29, 1.82) is 0 Å². The maximum atomic E-state index is 9.92. The molecule has 1 N–H and O–H groups in total. The van der Waals surface area contributed by atoms with E-state index in [1.165, 1.54) is 0 Å². The molecule has 0 spiro atoms. The van der Waals surface area contributed by atoms with Crippen molar-refractivity contribution < 1.29 is 14.6 Å². The molecule has 0 aromatic heterocycles. The number of hydrogen-bond donors (Lipinski definition) is 1. The van der Waals surface area contributed by atoms with Gasteiger partial charge in [-0.15, -0.1) is 0 Å². The average Bonchev–Trinajstić information content (AvgIpc) is 2.42. The highest BCUT2D eigenvalue weighted by atomic mass is 16.5. The van der Waals surface area contributed by atoms with Crippen LogP contribution in [0.4, 0.5) is 0 Å². The molecule has 1 aromatic carbocycles. The van der Waals surface area contributed by atoms with Crippen LogP contribution >= 0.6 is 0 Å². The van der Waals surface area contributed by atoms with E-state index in [0.717, 1.165) is 50.0 Å². The minimum Gasteiger partial charge on any atom is -0.508 e. The van der Waals surface area contributed by atoms with E-state index in [-0.39, 0.29) is 0 Å². The van der Waals surface area contributed by atoms with Crippen LogP contribution in [-0.2, 0) is 22.7 Å². The monoisotopic (exact) mass is 266 g/mol. The lowest BCUT2D eigenvalue weighted by Crippen LogP contribution is -2.02. The number of ether oxygens (including phenoxy) is 2. The normalized spacial score (nSPS) is 10.8. The molecule has 3 nitrogen and oxygen atoms in total. The number of benzene rings is 1. The maximum Gasteiger partial charge on any atom is 0.121 e. The van der Waals surface area contributed by atoms with Gasteiger partial charge in [0.25, 0.3) is 0 Å². The van der Waals surface area contributed by atoms with Crippen LogP contribution in [0, 0.1) is 0 Å². The third kappa shape index (κ3) is 6.08. The zero-order valence-corrected chi connectivity index (χ0v) is 12.2. The summed E-state index contributed by atoms with van der Waals surface area (Å²) in [5.41, 5.74) is 1.88. The zero-order chi connectivity index (χ0) is 13.9. The van der Waals surface area contributed by atoms with Crippen LogP contribution in [-0.4, -0.2) is 18.3 Å². The fraction of sp³-hybridized carbons (Fsp3) is 0.625. The van der Waals surface area contributed by atoms with Crippen molar-refractivity contribution >= 4 is 0 Å². The van der Waals surface area contributed by atoms with Crippen LogP contribution in [0.1, 0.15) is 50.7 Å². The Morgan fingerprint density at radius 2 is 1.58 bits per heavy atom. The topological polar surface area (TPSA) is 38.7 Å². The Labute approximate surface area is 116 Å². The maximum absolute atomic E-state index is 9.92. The molecule has 108 valence electrons. The summed E-state index contributed by atoms with van der Waals surface area (Å²) in [7, 11) is 0. The van der Waals surface area contributed by atoms with Gasteiger partial charge in [0.05, 0.1) is 13.2 Å². The molecule has 0 aliphatic rings. The van der Waals surface area contributed by atoms with Crippen LogP contribution in [0.15, 0.2) is 18.2 Å². The van der Waals surface area contributed by atoms with Crippen molar-refractivity contribution in [2.24, 2.45) is 0 Å². The van der Waals surface area contributed by atoms with Crippen LogP contribution < -0.4 is 0 Å². The van der Waals surface area contributed by atoms with Gasteiger partial charge < -0.3 is 14.6 Å². The Balaban J connectivity index is 2.51. The lowest BCUT2D eigenvalue weighted by Gasteiger charge is -2.12. The van der Waals surface area contributed by atoms with E-state index in [0.29, 0.717) is 19.0 Å². The van der Waals surface area contributed by atoms with Gasteiger partial charge in [0, 0.05) is 18.8 Å². The van der Waals surface area contributed by atoms with Gasteiger partial charge in [-0.25, -0.2) is 0 Å². The van der Waals surface area contributed by atoms with Crippen LogP contribution in [0.3, 0.4) is 0 Å². The summed E-state index contributed by atoms with van der Waals surface area (Å²) in [6, 6.07) is 5.54. The van der Waals surface area contributed by atoms with Gasteiger partial charge in [-0.2, -0.15) is 0 Å². The first-order chi connectivity index (χ1) is 9.29. The highest BCUT2D eigenvalue weighted by Gasteiger charge is 2.08. The number of phenols is 1. The van der Waals surface area contributed by atoms with Crippen LogP contribution in [0.5, 0.6) is 5.75 Å². The largest absolute Gasteiger partial charge is 0.508 e. The number of unbranched alkanes of at least 4 members (excludes halogenated alkanes) is 2. The molecule has 0 amide bonds. The summed E-state index contributed by atoms with van der Waals surface area (Å²) in [6.45, 7) is 6.78. The predicted molar refractivity (Wildman–Crippen MR) is 77.2 cm³/mol. The highest BCUT2D eigenvalue weighted by molar-refractivity contribution is 5.38. The van der Waals surface area contributed by atoms with Crippen molar-refractivity contribution in [2.45, 2.75) is 52.7 Å². The van der Waals surface area contributed by atoms with Crippen LogP contribution in [0.25, 0.3) is 0 Å². The molecule has 19 heavy (non-hydrogen) atoms. The van der Waals surface area contributed by atoms with Crippen molar-refractivity contribution in [3.63, 3.8) is 0 Å². The van der Waals surface area contributed by atoms with Gasteiger partial charge in [-0.05, 0) is 24.5 Å². The number of hydrogen-bond acceptors (Lipinski definition) is 3. The summed E-state index contributed by atoms with van der Waals surface area (Å²) in [6.07, 6.45) is 4.37. The lowest BCUT2D eigenvalue weighted by atomic mass is 10.1. The number of rotatable bonds is 10. The van der Waals surface area contributed by atoms with Gasteiger partial charge >= 0.3 is 0 Å². The molecular formula is C16H26O3. The first-order valence-electron chi connectivity index (χ1n) is 7.24. The second-order valence-corrected chi connectivity index (χ2v) is 4.73. The molecule has 0 unspecified atom stereocenters. The quantitative estimate of drug-likeness (QED) is 0.650. The van der Waals surface area contributed by atoms with Crippen molar-refractivity contribution in [1.82, 2.24) is 0 Å². The molecule has 1 rings (SSSR count). The summed E-state index contributed by atoms with van der Waals surface area (Å²) >= 11 is 0. The smallest absolute Gasteiger partial charge is 0.121 e. The molecule has 0 atom stereocenters. The number of aromatic hydroxyl groups is 1. The molecule has 0 fully saturated rings. The van der Waals surface area contributed by atoms with E-state index in [4.69, 9.17) is 9.47 Å². The molecule has 0 aliphatic heterocycles. The second-order valence-electron chi connectivity index (χ2n) is 4.73. The van der Waals surface area contributed by atoms with Gasteiger partial charge in [0.1, 0.15) is 5.75 Å². The summed E-state index contributed by atoms with van der Waals surface area (Å²) in [4.78, 5) is 0. The first kappa shape index (κ1) is 16.0. The van der Waals surface area contributed by atoms with Crippen molar-refractivity contribution in [3.05, 3.63) is 29.3 Å². The SMILES string of the molecule is CCCCOCc1cccc(O)c1COCCCC. The highest BCUT2D eigenvalue weighted by Crippen LogP contribution is 2.23. The summed E-state index contributed by atoms with van der Waals surface area (Å²) in [5, 5.41) is 9.92. The molecule has 0 heterocycles. The van der Waals surface area contributed by atoms with Gasteiger partial charge in [0.2, 0.25) is 0 Å². The summed E-state index contributed by atoms with van der Waals surface area (Å²) in [5.74, 6) is 0.299. The summed E-state index contributed by atoms with van der Waals surface area (Å²) < 4.78 is 11.2. The minimum atomic E-state index is 0.299. The van der Waals surface area contributed by atoms with Crippen molar-refractivity contribution in [2.75, 3.05) is 13.2 Å². The zero-order valence-electron chi connectivity index (χ0n) is 12.2. The Hall–Kier alpha value is -1.06. The molecule has 0 saturated carbocycles. The third-order valence-corrected chi connectivity index (χ3v) is 3.04. The molecule has 0 aliphatic carbocycles. The first-order valence-corrected chi connectivity index (χ1v) is 7.24. The average molecular weight is 266 g/mol. The van der Waals surface area contributed by atoms with E-state index in [1.54, 1.807) is 6.07 Å². The van der Waals surface area contributed by atoms with Crippen LogP contribution in [0.2, 0.25) is 0 Å². The van der Waals surface area contributed by atoms with E-state index in [2.05, 4.69) is 13.8 Å². The minimum absolute atomic E-state index is 0.299. The molecule has 0 bridgehead atoms. The standard InChI is InChI=1S/C16H26O3/c1-3-5-10-18-12-14-8-7-9-16(17)15(14)13-19-11-6-4-2/h7-9,17H,3-6,10-13H2,1-2H3. The van der Waals surface area contributed by atoms with E-state index >= 15 is 0 Å². The fourth-order valence-electron chi connectivity index (χ4n) is 1.77. The van der Waals surface area contributed by atoms with Gasteiger partial charge in [-0.3, -0.25) is 0 Å². The van der Waals surface area contributed by atoms with E-state index in [9.17, 15) is 5.11 Å². The molecule has 0 saturated heterocycles.